The maximum Gasteiger partial charge on any atom is 0.238 e. The Kier molecular flexibility index (Phi) is 4.01. The molecule has 0 heterocycles. The minimum atomic E-state index is -3.72. The van der Waals surface area contributed by atoms with Crippen LogP contribution in [0, 0.1) is 11.8 Å². The molecule has 0 aliphatic heterocycles. The van der Waals surface area contributed by atoms with Gasteiger partial charge in [0, 0.05) is 17.9 Å². The number of benzene rings is 1. The van der Waals surface area contributed by atoms with Crippen molar-refractivity contribution in [2.45, 2.75) is 31.1 Å². The van der Waals surface area contributed by atoms with E-state index in [-0.39, 0.29) is 4.90 Å². The van der Waals surface area contributed by atoms with Crippen molar-refractivity contribution in [3.8, 4) is 0 Å². The third kappa shape index (κ3) is 3.61. The van der Waals surface area contributed by atoms with Gasteiger partial charge in [0.2, 0.25) is 10.0 Å². The van der Waals surface area contributed by atoms with Gasteiger partial charge in [-0.25, -0.2) is 13.6 Å². The fourth-order valence-corrected chi connectivity index (χ4v) is 3.25. The van der Waals surface area contributed by atoms with Crippen molar-refractivity contribution in [2.75, 3.05) is 17.6 Å². The molecule has 19 heavy (non-hydrogen) atoms. The highest BCUT2D eigenvalue weighted by molar-refractivity contribution is 7.89. The van der Waals surface area contributed by atoms with Crippen LogP contribution in [0.4, 0.5) is 11.4 Å². The second kappa shape index (κ2) is 5.38. The predicted octanol–water partition coefficient (Wildman–Crippen LogP) is 1.76. The lowest BCUT2D eigenvalue weighted by molar-refractivity contribution is 0.439. The number of primary sulfonamides is 1. The van der Waals surface area contributed by atoms with E-state index in [1.165, 1.54) is 31.4 Å². The molecule has 0 amide bonds. The Morgan fingerprint density at radius 1 is 1.32 bits per heavy atom. The lowest BCUT2D eigenvalue weighted by Crippen LogP contribution is -2.17. The van der Waals surface area contributed by atoms with E-state index in [9.17, 15) is 8.42 Å². The van der Waals surface area contributed by atoms with E-state index in [1.807, 2.05) is 0 Å². The number of hydrogen-bond acceptors (Lipinski definition) is 4. The summed E-state index contributed by atoms with van der Waals surface area (Å²) in [6.45, 7) is 3.10. The van der Waals surface area contributed by atoms with Gasteiger partial charge in [-0.15, -0.1) is 0 Å². The minimum Gasteiger partial charge on any atom is -0.399 e. The fourth-order valence-electron chi connectivity index (χ4n) is 2.66. The van der Waals surface area contributed by atoms with Crippen molar-refractivity contribution in [2.24, 2.45) is 17.0 Å². The summed E-state index contributed by atoms with van der Waals surface area (Å²) in [5.74, 6) is 1.35. The lowest BCUT2D eigenvalue weighted by atomic mass is 9.98. The first-order valence-electron chi connectivity index (χ1n) is 6.53. The van der Waals surface area contributed by atoms with Crippen LogP contribution in [0.1, 0.15) is 26.2 Å². The molecule has 2 rings (SSSR count). The van der Waals surface area contributed by atoms with Gasteiger partial charge in [-0.3, -0.25) is 0 Å². The molecular weight excluding hydrogens is 262 g/mol. The van der Waals surface area contributed by atoms with Crippen LogP contribution in [-0.4, -0.2) is 15.0 Å². The average molecular weight is 283 g/mol. The van der Waals surface area contributed by atoms with Crippen LogP contribution in [0.2, 0.25) is 0 Å². The van der Waals surface area contributed by atoms with Gasteiger partial charge in [0.15, 0.2) is 0 Å². The van der Waals surface area contributed by atoms with Gasteiger partial charge in [0.25, 0.3) is 0 Å². The number of anilines is 2. The molecule has 5 nitrogen and oxygen atoms in total. The highest BCUT2D eigenvalue weighted by atomic mass is 32.2. The van der Waals surface area contributed by atoms with Crippen LogP contribution in [0.15, 0.2) is 23.1 Å². The Labute approximate surface area is 114 Å². The third-order valence-electron chi connectivity index (χ3n) is 3.86. The highest BCUT2D eigenvalue weighted by Gasteiger charge is 2.22. The minimum absolute atomic E-state index is 0.0504. The molecule has 0 radical (unpaired) electrons. The second-order valence-electron chi connectivity index (χ2n) is 5.38. The van der Waals surface area contributed by atoms with Crippen molar-refractivity contribution in [1.29, 1.82) is 0 Å². The summed E-state index contributed by atoms with van der Waals surface area (Å²) in [6, 6.07) is 4.64. The summed E-state index contributed by atoms with van der Waals surface area (Å²) in [6.07, 6.45) is 3.76. The molecule has 6 heteroatoms. The maximum absolute atomic E-state index is 11.3. The van der Waals surface area contributed by atoms with E-state index in [4.69, 9.17) is 10.9 Å². The van der Waals surface area contributed by atoms with Crippen molar-refractivity contribution in [3.63, 3.8) is 0 Å². The van der Waals surface area contributed by atoms with E-state index in [0.29, 0.717) is 23.2 Å². The normalized spacial score (nSPS) is 23.5. The van der Waals surface area contributed by atoms with E-state index in [2.05, 4.69) is 12.2 Å². The molecule has 0 bridgehead atoms. The van der Waals surface area contributed by atoms with Crippen LogP contribution in [-0.2, 0) is 10.0 Å². The van der Waals surface area contributed by atoms with Gasteiger partial charge < -0.3 is 11.1 Å². The first kappa shape index (κ1) is 14.1. The summed E-state index contributed by atoms with van der Waals surface area (Å²) in [4.78, 5) is 0.0504. The standard InChI is InChI=1S/C13H21N3O2S/c1-9-3-2-4-10(9)8-16-12-5-11(14)6-13(7-12)19(15,17)18/h5-7,9-10,16H,2-4,8,14H2,1H3,(H2,15,17,18). The van der Waals surface area contributed by atoms with Gasteiger partial charge in [-0.2, -0.15) is 0 Å². The Hall–Kier alpha value is -1.27. The third-order valence-corrected chi connectivity index (χ3v) is 4.76. The molecular formula is C13H21N3O2S. The summed E-state index contributed by atoms with van der Waals surface area (Å²) in [5, 5.41) is 8.39. The molecule has 1 fully saturated rings. The Bertz CT molecular complexity index is 557. The van der Waals surface area contributed by atoms with Gasteiger partial charge in [0.1, 0.15) is 0 Å². The largest absolute Gasteiger partial charge is 0.399 e. The Balaban J connectivity index is 2.10. The van der Waals surface area contributed by atoms with Crippen LogP contribution >= 0.6 is 0 Å². The summed E-state index contributed by atoms with van der Waals surface area (Å²) in [5.41, 5.74) is 6.82. The molecule has 0 spiro atoms. The second-order valence-corrected chi connectivity index (χ2v) is 6.95. The Morgan fingerprint density at radius 2 is 2.05 bits per heavy atom. The van der Waals surface area contributed by atoms with E-state index in [0.717, 1.165) is 6.54 Å². The smallest absolute Gasteiger partial charge is 0.238 e. The molecule has 5 N–H and O–H groups in total. The summed E-state index contributed by atoms with van der Waals surface area (Å²) >= 11 is 0. The van der Waals surface area contributed by atoms with Gasteiger partial charge >= 0.3 is 0 Å². The molecule has 1 aromatic rings. The van der Waals surface area contributed by atoms with Crippen LogP contribution in [0.3, 0.4) is 0 Å². The topological polar surface area (TPSA) is 98.2 Å². The Morgan fingerprint density at radius 3 is 2.63 bits per heavy atom. The van der Waals surface area contributed by atoms with Crippen LogP contribution in [0.5, 0.6) is 0 Å². The SMILES string of the molecule is CC1CCCC1CNc1cc(N)cc(S(N)(=O)=O)c1. The zero-order chi connectivity index (χ0) is 14.0. The molecule has 1 aliphatic carbocycles. The molecule has 0 aromatic heterocycles. The monoisotopic (exact) mass is 283 g/mol. The fraction of sp³-hybridized carbons (Fsp3) is 0.538. The molecule has 2 unspecified atom stereocenters. The lowest BCUT2D eigenvalue weighted by Gasteiger charge is -2.17. The number of hydrogen-bond donors (Lipinski definition) is 3. The van der Waals surface area contributed by atoms with Gasteiger partial charge in [-0.1, -0.05) is 19.8 Å². The van der Waals surface area contributed by atoms with Crippen LogP contribution < -0.4 is 16.2 Å². The van der Waals surface area contributed by atoms with Gasteiger partial charge in [0.05, 0.1) is 4.90 Å². The molecule has 1 aliphatic rings. The number of rotatable bonds is 4. The molecule has 1 saturated carbocycles. The number of nitrogen functional groups attached to an aromatic ring is 1. The van der Waals surface area contributed by atoms with Crippen molar-refractivity contribution >= 4 is 21.4 Å². The zero-order valence-electron chi connectivity index (χ0n) is 11.1. The highest BCUT2D eigenvalue weighted by Crippen LogP contribution is 2.31. The predicted molar refractivity (Wildman–Crippen MR) is 77.2 cm³/mol. The van der Waals surface area contributed by atoms with Gasteiger partial charge in [-0.05, 0) is 36.5 Å². The van der Waals surface area contributed by atoms with E-state index >= 15 is 0 Å². The number of nitrogens with one attached hydrogen (secondary N) is 1. The first-order valence-corrected chi connectivity index (χ1v) is 8.08. The summed E-state index contributed by atoms with van der Waals surface area (Å²) < 4.78 is 22.7. The molecule has 1 aromatic carbocycles. The number of nitrogens with two attached hydrogens (primary N) is 2. The van der Waals surface area contributed by atoms with E-state index < -0.39 is 10.0 Å². The van der Waals surface area contributed by atoms with Crippen molar-refractivity contribution in [3.05, 3.63) is 18.2 Å². The molecule has 2 atom stereocenters. The average Bonchev–Trinajstić information content (AvgIpc) is 2.70. The first-order chi connectivity index (χ1) is 8.86. The quantitative estimate of drug-likeness (QED) is 0.733. The van der Waals surface area contributed by atoms with E-state index in [1.54, 1.807) is 6.07 Å². The molecule has 106 valence electrons. The maximum atomic E-state index is 11.3. The summed E-state index contributed by atoms with van der Waals surface area (Å²) in [7, 11) is -3.72. The van der Waals surface area contributed by atoms with Crippen molar-refractivity contribution < 1.29 is 8.42 Å². The van der Waals surface area contributed by atoms with Crippen molar-refractivity contribution in [1.82, 2.24) is 0 Å². The number of sulfonamides is 1. The zero-order valence-corrected chi connectivity index (χ0v) is 11.9. The molecule has 0 saturated heterocycles. The van der Waals surface area contributed by atoms with Crippen LogP contribution in [0.25, 0.3) is 0 Å².